The molecule has 7 heteroatoms. The molecule has 1 rings (SSSR count). The summed E-state index contributed by atoms with van der Waals surface area (Å²) in [6.07, 6.45) is 2.42. The lowest BCUT2D eigenvalue weighted by Gasteiger charge is -2.10. The van der Waals surface area contributed by atoms with Crippen LogP contribution in [-0.4, -0.2) is 48.2 Å². The number of aromatic nitrogens is 2. The van der Waals surface area contributed by atoms with Crippen LogP contribution >= 0.6 is 11.6 Å². The standard InChI is InChI=1S/C11H19ClN4O2/c1-15(2)6-3-4-13-5-7-16-8-9(12)10(17)14-11(16)18/h8,13H,3-7H2,1-2H3,(H,14,17,18). The molecule has 0 atom stereocenters. The summed E-state index contributed by atoms with van der Waals surface area (Å²) in [6, 6.07) is 0. The van der Waals surface area contributed by atoms with Crippen molar-refractivity contribution < 1.29 is 0 Å². The lowest BCUT2D eigenvalue weighted by Crippen LogP contribution is -2.33. The predicted octanol–water partition coefficient (Wildman–Crippen LogP) is -0.269. The lowest BCUT2D eigenvalue weighted by molar-refractivity contribution is 0.393. The second-order valence-corrected chi connectivity index (χ2v) is 4.74. The second kappa shape index (κ2) is 7.35. The first-order valence-electron chi connectivity index (χ1n) is 5.85. The van der Waals surface area contributed by atoms with Crippen molar-refractivity contribution >= 4 is 11.6 Å². The van der Waals surface area contributed by atoms with Crippen molar-refractivity contribution in [3.05, 3.63) is 32.1 Å². The van der Waals surface area contributed by atoms with Gasteiger partial charge in [0, 0.05) is 19.3 Å². The molecule has 0 aliphatic heterocycles. The van der Waals surface area contributed by atoms with Gasteiger partial charge in [-0.2, -0.15) is 0 Å². The van der Waals surface area contributed by atoms with Crippen molar-refractivity contribution in [2.45, 2.75) is 13.0 Å². The minimum absolute atomic E-state index is 0.0298. The summed E-state index contributed by atoms with van der Waals surface area (Å²) in [5.41, 5.74) is -0.976. The van der Waals surface area contributed by atoms with Gasteiger partial charge in [0.25, 0.3) is 5.56 Å². The Morgan fingerprint density at radius 1 is 1.39 bits per heavy atom. The van der Waals surface area contributed by atoms with Gasteiger partial charge >= 0.3 is 5.69 Å². The average molecular weight is 275 g/mol. The predicted molar refractivity (Wildman–Crippen MR) is 72.4 cm³/mol. The molecule has 1 aromatic rings. The van der Waals surface area contributed by atoms with Crippen molar-refractivity contribution in [2.24, 2.45) is 0 Å². The van der Waals surface area contributed by atoms with Crippen LogP contribution in [0.25, 0.3) is 0 Å². The van der Waals surface area contributed by atoms with E-state index in [1.165, 1.54) is 10.8 Å². The quantitative estimate of drug-likeness (QED) is 0.672. The molecule has 1 aromatic heterocycles. The van der Waals surface area contributed by atoms with Crippen LogP contribution < -0.4 is 16.6 Å². The SMILES string of the molecule is CN(C)CCCNCCn1cc(Cl)c(=O)[nH]c1=O. The summed E-state index contributed by atoms with van der Waals surface area (Å²) in [5.74, 6) is 0. The van der Waals surface area contributed by atoms with Gasteiger partial charge in [0.2, 0.25) is 0 Å². The van der Waals surface area contributed by atoms with Crippen molar-refractivity contribution in [1.82, 2.24) is 19.8 Å². The van der Waals surface area contributed by atoms with Gasteiger partial charge in [-0.05, 0) is 33.6 Å². The number of hydrogen-bond acceptors (Lipinski definition) is 4. The molecule has 0 spiro atoms. The van der Waals surface area contributed by atoms with Crippen molar-refractivity contribution in [3.8, 4) is 0 Å². The van der Waals surface area contributed by atoms with Crippen LogP contribution in [0, 0.1) is 0 Å². The van der Waals surface area contributed by atoms with Gasteiger partial charge in [-0.25, -0.2) is 4.79 Å². The molecule has 2 N–H and O–H groups in total. The molecule has 0 amide bonds. The zero-order valence-corrected chi connectivity index (χ0v) is 11.5. The molecule has 0 bridgehead atoms. The van der Waals surface area contributed by atoms with E-state index in [2.05, 4.69) is 15.2 Å². The van der Waals surface area contributed by atoms with Gasteiger partial charge in [-0.3, -0.25) is 14.3 Å². The monoisotopic (exact) mass is 274 g/mol. The third-order valence-electron chi connectivity index (χ3n) is 2.46. The first-order valence-corrected chi connectivity index (χ1v) is 6.23. The largest absolute Gasteiger partial charge is 0.328 e. The smallest absolute Gasteiger partial charge is 0.315 e. The highest BCUT2D eigenvalue weighted by Crippen LogP contribution is 1.95. The zero-order chi connectivity index (χ0) is 13.5. The third kappa shape index (κ3) is 5.03. The zero-order valence-electron chi connectivity index (χ0n) is 10.7. The maximum absolute atomic E-state index is 11.4. The maximum atomic E-state index is 11.4. The summed E-state index contributed by atoms with van der Waals surface area (Å²) in [7, 11) is 4.06. The first kappa shape index (κ1) is 14.9. The van der Waals surface area contributed by atoms with E-state index in [1.54, 1.807) is 0 Å². The Labute approximate surface area is 111 Å². The lowest BCUT2D eigenvalue weighted by atomic mass is 10.4. The Balaban J connectivity index is 2.34. The third-order valence-corrected chi connectivity index (χ3v) is 2.73. The molecule has 0 aliphatic carbocycles. The number of hydrogen-bond donors (Lipinski definition) is 2. The molecule has 0 unspecified atom stereocenters. The summed E-state index contributed by atoms with van der Waals surface area (Å²) >= 11 is 5.65. The minimum Gasteiger partial charge on any atom is -0.315 e. The van der Waals surface area contributed by atoms with E-state index in [0.717, 1.165) is 19.5 Å². The van der Waals surface area contributed by atoms with Crippen molar-refractivity contribution in [1.29, 1.82) is 0 Å². The van der Waals surface area contributed by atoms with E-state index in [0.29, 0.717) is 13.1 Å². The number of H-pyrrole nitrogens is 1. The van der Waals surface area contributed by atoms with Crippen LogP contribution in [0.1, 0.15) is 6.42 Å². The highest BCUT2D eigenvalue weighted by molar-refractivity contribution is 6.30. The fourth-order valence-electron chi connectivity index (χ4n) is 1.49. The van der Waals surface area contributed by atoms with Gasteiger partial charge in [0.15, 0.2) is 0 Å². The van der Waals surface area contributed by atoms with E-state index >= 15 is 0 Å². The molecular weight excluding hydrogens is 256 g/mol. The Bertz CT molecular complexity index is 481. The maximum Gasteiger partial charge on any atom is 0.328 e. The van der Waals surface area contributed by atoms with E-state index in [1.807, 2.05) is 14.1 Å². The van der Waals surface area contributed by atoms with Crippen LogP contribution in [-0.2, 0) is 6.54 Å². The Morgan fingerprint density at radius 3 is 2.78 bits per heavy atom. The molecule has 6 nitrogen and oxygen atoms in total. The molecule has 102 valence electrons. The number of aromatic amines is 1. The van der Waals surface area contributed by atoms with E-state index in [-0.39, 0.29) is 5.02 Å². The number of nitrogens with zero attached hydrogens (tertiary/aromatic N) is 2. The van der Waals surface area contributed by atoms with E-state index < -0.39 is 11.2 Å². The molecular formula is C11H19ClN4O2. The molecule has 0 fully saturated rings. The second-order valence-electron chi connectivity index (χ2n) is 4.34. The normalized spacial score (nSPS) is 11.1. The van der Waals surface area contributed by atoms with Gasteiger partial charge in [0.1, 0.15) is 5.02 Å². The van der Waals surface area contributed by atoms with Crippen molar-refractivity contribution in [3.63, 3.8) is 0 Å². The van der Waals surface area contributed by atoms with Gasteiger partial charge in [-0.15, -0.1) is 0 Å². The van der Waals surface area contributed by atoms with Gasteiger partial charge in [-0.1, -0.05) is 11.6 Å². The summed E-state index contributed by atoms with van der Waals surface area (Å²) in [4.78, 5) is 26.7. The number of rotatable bonds is 7. The first-order chi connectivity index (χ1) is 8.50. The van der Waals surface area contributed by atoms with Crippen LogP contribution in [0.5, 0.6) is 0 Å². The Hall–Kier alpha value is -1.11. The van der Waals surface area contributed by atoms with E-state index in [9.17, 15) is 9.59 Å². The molecule has 18 heavy (non-hydrogen) atoms. The van der Waals surface area contributed by atoms with Crippen LogP contribution in [0.3, 0.4) is 0 Å². The fourth-order valence-corrected chi connectivity index (χ4v) is 1.66. The summed E-state index contributed by atoms with van der Waals surface area (Å²) < 4.78 is 1.39. The number of halogens is 1. The number of nitrogens with one attached hydrogen (secondary N) is 2. The van der Waals surface area contributed by atoms with Crippen LogP contribution in [0.2, 0.25) is 5.02 Å². The average Bonchev–Trinajstić information content (AvgIpc) is 2.29. The highest BCUT2D eigenvalue weighted by Gasteiger charge is 2.01. The molecule has 0 aliphatic rings. The molecule has 0 aromatic carbocycles. The summed E-state index contributed by atoms with van der Waals surface area (Å²) in [6.45, 7) is 3.06. The van der Waals surface area contributed by atoms with Crippen LogP contribution in [0.4, 0.5) is 0 Å². The van der Waals surface area contributed by atoms with E-state index in [4.69, 9.17) is 11.6 Å². The Morgan fingerprint density at radius 2 is 2.11 bits per heavy atom. The molecule has 0 saturated carbocycles. The topological polar surface area (TPSA) is 70.1 Å². The van der Waals surface area contributed by atoms with Gasteiger partial charge < -0.3 is 10.2 Å². The Kier molecular flexibility index (Phi) is 6.11. The summed E-state index contributed by atoms with van der Waals surface area (Å²) in [5, 5.41) is 3.26. The highest BCUT2D eigenvalue weighted by atomic mass is 35.5. The minimum atomic E-state index is -0.545. The fraction of sp³-hybridized carbons (Fsp3) is 0.636. The molecule has 0 saturated heterocycles. The molecule has 1 heterocycles. The van der Waals surface area contributed by atoms with Gasteiger partial charge in [0.05, 0.1) is 0 Å². The van der Waals surface area contributed by atoms with Crippen LogP contribution in [0.15, 0.2) is 15.8 Å². The molecule has 0 radical (unpaired) electrons. The van der Waals surface area contributed by atoms with Crippen molar-refractivity contribution in [2.75, 3.05) is 33.7 Å².